The van der Waals surface area contributed by atoms with Crippen molar-refractivity contribution in [2.75, 3.05) is 23.9 Å². The fourth-order valence-corrected chi connectivity index (χ4v) is 8.11. The summed E-state index contributed by atoms with van der Waals surface area (Å²) in [4.78, 5) is 56.6. The lowest BCUT2D eigenvalue weighted by Crippen LogP contribution is -2.32. The van der Waals surface area contributed by atoms with Gasteiger partial charge in [0, 0.05) is 21.0 Å². The van der Waals surface area contributed by atoms with Crippen molar-refractivity contribution in [3.05, 3.63) is 96.9 Å². The van der Waals surface area contributed by atoms with Crippen molar-refractivity contribution in [3.63, 3.8) is 0 Å². The lowest BCUT2D eigenvalue weighted by molar-refractivity contribution is -0.137. The molecule has 4 aromatic rings. The van der Waals surface area contributed by atoms with Crippen LogP contribution in [-0.2, 0) is 20.6 Å². The van der Waals surface area contributed by atoms with E-state index in [0.29, 0.717) is 21.2 Å². The van der Waals surface area contributed by atoms with Gasteiger partial charge in [-0.3, -0.25) is 19.2 Å². The van der Waals surface area contributed by atoms with Crippen molar-refractivity contribution in [1.29, 1.82) is 0 Å². The molecule has 1 aromatic heterocycles. The largest absolute Gasteiger partial charge is 0.493 e. The van der Waals surface area contributed by atoms with Gasteiger partial charge in [-0.1, -0.05) is 51.2 Å². The molecule has 232 valence electrons. The number of carbonyl (C=O) groups is 3. The lowest BCUT2D eigenvalue weighted by Gasteiger charge is -2.30. The van der Waals surface area contributed by atoms with Crippen LogP contribution in [0.1, 0.15) is 21.9 Å². The van der Waals surface area contributed by atoms with Crippen molar-refractivity contribution in [2.24, 2.45) is 5.92 Å². The molecule has 2 aliphatic rings. The smallest absolute Gasteiger partial charge is 0.416 e. The van der Waals surface area contributed by atoms with Gasteiger partial charge in [0.2, 0.25) is 11.8 Å². The number of methoxy groups -OCH3 is 1. The number of aromatic nitrogens is 1. The number of thiazole rings is 1. The van der Waals surface area contributed by atoms with E-state index in [0.717, 1.165) is 39.7 Å². The third-order valence-electron chi connectivity index (χ3n) is 7.29. The van der Waals surface area contributed by atoms with Crippen molar-refractivity contribution < 1.29 is 37.0 Å². The number of nitrogens with one attached hydrogen (secondary N) is 2. The number of fused-ring (bicyclic) bond motifs is 2. The van der Waals surface area contributed by atoms with E-state index in [1.807, 2.05) is 0 Å². The molecular formula is C30H21BrF3N3O6S2. The molecule has 6 rings (SSSR count). The first-order valence-corrected chi connectivity index (χ1v) is 15.7. The number of hydrogen-bond acceptors (Lipinski definition) is 8. The first-order chi connectivity index (χ1) is 21.4. The van der Waals surface area contributed by atoms with Crippen molar-refractivity contribution >= 4 is 68.1 Å². The number of benzene rings is 3. The highest BCUT2D eigenvalue weighted by molar-refractivity contribution is 9.10. The number of aromatic amines is 1. The minimum absolute atomic E-state index is 0.0419. The summed E-state index contributed by atoms with van der Waals surface area (Å²) in [5, 5.41) is 2.11. The molecule has 0 bridgehead atoms. The zero-order chi connectivity index (χ0) is 32.0. The predicted octanol–water partition coefficient (Wildman–Crippen LogP) is 6.04. The number of rotatable bonds is 7. The molecule has 3 atom stereocenters. The SMILES string of the molecule is COc1cc(C2c3sc(=O)[nH]c3SC3C(=O)N(c4ccc(Br)cc4)C(=O)C32)ccc1OCC(=O)Nc1cccc(C(F)(F)F)c1. The molecule has 45 heavy (non-hydrogen) atoms. The Morgan fingerprint density at radius 2 is 1.78 bits per heavy atom. The molecule has 0 spiro atoms. The molecule has 3 amide bonds. The summed E-state index contributed by atoms with van der Waals surface area (Å²) in [5.74, 6) is -2.60. The third kappa shape index (κ3) is 5.99. The molecule has 0 saturated carbocycles. The van der Waals surface area contributed by atoms with Gasteiger partial charge in [0.05, 0.1) is 29.3 Å². The van der Waals surface area contributed by atoms with Gasteiger partial charge in [-0.25, -0.2) is 4.90 Å². The summed E-state index contributed by atoms with van der Waals surface area (Å²) in [6.45, 7) is -0.532. The number of amides is 3. The van der Waals surface area contributed by atoms with Crippen LogP contribution in [0, 0.1) is 5.92 Å². The highest BCUT2D eigenvalue weighted by Gasteiger charge is 2.56. The van der Waals surface area contributed by atoms with E-state index in [4.69, 9.17) is 9.47 Å². The lowest BCUT2D eigenvalue weighted by atomic mass is 9.83. The minimum atomic E-state index is -4.56. The van der Waals surface area contributed by atoms with Crippen LogP contribution in [0.2, 0.25) is 0 Å². The Bertz CT molecular complexity index is 1880. The number of imide groups is 1. The van der Waals surface area contributed by atoms with E-state index < -0.39 is 53.2 Å². The van der Waals surface area contributed by atoms with Crippen LogP contribution in [0.3, 0.4) is 0 Å². The van der Waals surface area contributed by atoms with Crippen LogP contribution < -0.4 is 24.6 Å². The van der Waals surface area contributed by atoms with Crippen LogP contribution in [-0.4, -0.2) is 41.7 Å². The van der Waals surface area contributed by atoms with E-state index in [-0.39, 0.29) is 22.1 Å². The van der Waals surface area contributed by atoms with E-state index in [1.165, 1.54) is 30.2 Å². The van der Waals surface area contributed by atoms with Crippen LogP contribution in [0.15, 0.2) is 81.0 Å². The summed E-state index contributed by atoms with van der Waals surface area (Å²) in [5.41, 5.74) is 0.0707. The van der Waals surface area contributed by atoms with E-state index in [2.05, 4.69) is 26.2 Å². The first kappa shape index (κ1) is 30.9. The summed E-state index contributed by atoms with van der Waals surface area (Å²) in [6.07, 6.45) is -4.56. The molecule has 15 heteroatoms. The Morgan fingerprint density at radius 1 is 1.02 bits per heavy atom. The van der Waals surface area contributed by atoms with Gasteiger partial charge >= 0.3 is 11.0 Å². The average Bonchev–Trinajstić information content (AvgIpc) is 3.50. The number of ether oxygens (including phenoxy) is 2. The number of halogens is 4. The van der Waals surface area contributed by atoms with Gasteiger partial charge in [0.15, 0.2) is 18.1 Å². The zero-order valence-corrected chi connectivity index (χ0v) is 26.2. The van der Waals surface area contributed by atoms with Gasteiger partial charge in [-0.05, 0) is 60.2 Å². The Morgan fingerprint density at radius 3 is 2.49 bits per heavy atom. The normalized spacial score (nSPS) is 19.2. The zero-order valence-electron chi connectivity index (χ0n) is 23.0. The van der Waals surface area contributed by atoms with Gasteiger partial charge in [-0.15, -0.1) is 0 Å². The summed E-state index contributed by atoms with van der Waals surface area (Å²) < 4.78 is 51.0. The summed E-state index contributed by atoms with van der Waals surface area (Å²) in [7, 11) is 1.38. The number of thioether (sulfide) groups is 1. The molecule has 2 N–H and O–H groups in total. The van der Waals surface area contributed by atoms with E-state index in [1.54, 1.807) is 36.4 Å². The van der Waals surface area contributed by atoms with E-state index >= 15 is 0 Å². The summed E-state index contributed by atoms with van der Waals surface area (Å²) in [6, 6.07) is 15.9. The molecule has 0 aliphatic carbocycles. The van der Waals surface area contributed by atoms with Crippen LogP contribution >= 0.6 is 39.0 Å². The number of nitrogens with zero attached hydrogens (tertiary/aromatic N) is 1. The molecule has 9 nitrogen and oxygen atoms in total. The van der Waals surface area contributed by atoms with Gasteiger partial charge < -0.3 is 19.8 Å². The number of H-pyrrole nitrogens is 1. The fourth-order valence-electron chi connectivity index (χ4n) is 5.33. The molecule has 1 saturated heterocycles. The Kier molecular flexibility index (Phi) is 8.26. The van der Waals surface area contributed by atoms with Gasteiger partial charge in [0.1, 0.15) is 5.25 Å². The molecule has 3 heterocycles. The standard InChI is InChI=1S/C30H21BrF3N3O6S2/c1-42-20-11-14(5-10-19(20)43-13-21(38)35-17-4-2-3-15(12-17)30(32,33)34)22-23-25(44-26-24(22)45-29(41)36-26)28(40)37(27(23)39)18-8-6-16(31)7-9-18/h2-12,22-23,25H,13H2,1H3,(H,35,38)(H,36,41). The van der Waals surface area contributed by atoms with Crippen molar-refractivity contribution in [3.8, 4) is 11.5 Å². The number of hydrogen-bond donors (Lipinski definition) is 2. The van der Waals surface area contributed by atoms with Crippen molar-refractivity contribution in [1.82, 2.24) is 4.98 Å². The number of alkyl halides is 3. The second kappa shape index (κ2) is 12.0. The predicted molar refractivity (Wildman–Crippen MR) is 165 cm³/mol. The molecule has 0 radical (unpaired) electrons. The van der Waals surface area contributed by atoms with Crippen molar-refractivity contribution in [2.45, 2.75) is 22.4 Å². The molecule has 3 unspecified atom stereocenters. The second-order valence-electron chi connectivity index (χ2n) is 10.1. The molecular weight excluding hydrogens is 699 g/mol. The topological polar surface area (TPSA) is 118 Å². The number of anilines is 2. The Hall–Kier alpha value is -4.08. The molecule has 2 aliphatic heterocycles. The number of carbonyl (C=O) groups excluding carboxylic acids is 3. The molecule has 3 aromatic carbocycles. The minimum Gasteiger partial charge on any atom is -0.493 e. The van der Waals surface area contributed by atoms with E-state index in [9.17, 15) is 32.3 Å². The van der Waals surface area contributed by atoms with Crippen LogP contribution in [0.4, 0.5) is 24.5 Å². The van der Waals surface area contributed by atoms with Gasteiger partial charge in [0.25, 0.3) is 5.91 Å². The first-order valence-electron chi connectivity index (χ1n) is 13.3. The maximum atomic E-state index is 13.9. The quantitative estimate of drug-likeness (QED) is 0.224. The highest BCUT2D eigenvalue weighted by Crippen LogP contribution is 2.53. The molecule has 1 fully saturated rings. The Balaban J connectivity index is 1.26. The maximum Gasteiger partial charge on any atom is 0.416 e. The van der Waals surface area contributed by atoms with Crippen LogP contribution in [0.5, 0.6) is 11.5 Å². The monoisotopic (exact) mass is 719 g/mol. The second-order valence-corrected chi connectivity index (χ2v) is 13.1. The highest BCUT2D eigenvalue weighted by atomic mass is 79.9. The third-order valence-corrected chi connectivity index (χ3v) is 10.2. The maximum absolute atomic E-state index is 13.9. The van der Waals surface area contributed by atoms with Crippen LogP contribution in [0.25, 0.3) is 0 Å². The average molecular weight is 721 g/mol. The summed E-state index contributed by atoms with van der Waals surface area (Å²) >= 11 is 5.48. The fraction of sp³-hybridized carbons (Fsp3) is 0.200. The Labute approximate surface area is 269 Å². The van der Waals surface area contributed by atoms with Gasteiger partial charge in [-0.2, -0.15) is 13.2 Å².